The van der Waals surface area contributed by atoms with Gasteiger partial charge in [-0.2, -0.15) is 0 Å². The van der Waals surface area contributed by atoms with Crippen molar-refractivity contribution in [2.75, 3.05) is 5.75 Å². The molecule has 0 aliphatic heterocycles. The predicted molar refractivity (Wildman–Crippen MR) is 100 cm³/mol. The molecule has 0 radical (unpaired) electrons. The van der Waals surface area contributed by atoms with Crippen LogP contribution in [0.5, 0.6) is 0 Å². The van der Waals surface area contributed by atoms with Crippen molar-refractivity contribution >= 4 is 28.9 Å². The van der Waals surface area contributed by atoms with E-state index in [4.69, 9.17) is 0 Å². The van der Waals surface area contributed by atoms with Crippen molar-refractivity contribution in [3.8, 4) is 11.4 Å². The molecule has 0 N–H and O–H groups in total. The molecule has 2 heterocycles. The molecule has 0 spiro atoms. The smallest absolute Gasteiger partial charge is 0.191 e. The summed E-state index contributed by atoms with van der Waals surface area (Å²) in [5, 5.41) is 9.28. The zero-order valence-electron chi connectivity index (χ0n) is 14.2. The zero-order valence-corrected chi connectivity index (χ0v) is 15.8. The highest BCUT2D eigenvalue weighted by Gasteiger charge is 2.16. The van der Waals surface area contributed by atoms with Crippen LogP contribution in [0, 0.1) is 20.8 Å². The molecule has 3 aromatic rings. The normalized spacial score (nSPS) is 11.0. The lowest BCUT2D eigenvalue weighted by molar-refractivity contribution is 0.102. The van der Waals surface area contributed by atoms with Crippen molar-refractivity contribution in [2.24, 2.45) is 7.05 Å². The maximum atomic E-state index is 12.4. The Labute approximate surface area is 149 Å². The molecule has 124 valence electrons. The number of rotatable bonds is 5. The number of aromatic nitrogens is 3. The molecule has 6 heteroatoms. The molecule has 0 fully saturated rings. The third-order valence-electron chi connectivity index (χ3n) is 3.78. The number of carbonyl (C=O) groups excluding carboxylic acids is 1. The first-order chi connectivity index (χ1) is 11.5. The SMILES string of the molecule is Cc1cccc(-c2nnc(SCC(=O)c3cc(C)sc3C)n2C)c1. The van der Waals surface area contributed by atoms with Gasteiger partial charge >= 0.3 is 0 Å². The average molecular weight is 358 g/mol. The van der Waals surface area contributed by atoms with E-state index < -0.39 is 0 Å². The lowest BCUT2D eigenvalue weighted by Crippen LogP contribution is -2.04. The van der Waals surface area contributed by atoms with Gasteiger partial charge in [-0.25, -0.2) is 0 Å². The van der Waals surface area contributed by atoms with Gasteiger partial charge in [-0.1, -0.05) is 35.5 Å². The van der Waals surface area contributed by atoms with E-state index in [1.54, 1.807) is 11.3 Å². The molecule has 0 aliphatic carbocycles. The highest BCUT2D eigenvalue weighted by Crippen LogP contribution is 2.26. The van der Waals surface area contributed by atoms with Gasteiger partial charge in [0.1, 0.15) is 0 Å². The molecule has 4 nitrogen and oxygen atoms in total. The van der Waals surface area contributed by atoms with E-state index in [0.29, 0.717) is 5.75 Å². The first-order valence-corrected chi connectivity index (χ1v) is 9.45. The Morgan fingerprint density at radius 2 is 2.00 bits per heavy atom. The zero-order chi connectivity index (χ0) is 17.3. The Morgan fingerprint density at radius 1 is 1.21 bits per heavy atom. The summed E-state index contributed by atoms with van der Waals surface area (Å²) < 4.78 is 1.94. The van der Waals surface area contributed by atoms with Crippen LogP contribution in [0.25, 0.3) is 11.4 Å². The molecule has 0 amide bonds. The molecular formula is C18H19N3OS2. The van der Waals surface area contributed by atoms with Gasteiger partial charge in [-0.3, -0.25) is 4.79 Å². The minimum absolute atomic E-state index is 0.141. The summed E-state index contributed by atoms with van der Waals surface area (Å²) in [6.07, 6.45) is 0. The van der Waals surface area contributed by atoms with Crippen LogP contribution < -0.4 is 0 Å². The first kappa shape index (κ1) is 16.9. The Balaban J connectivity index is 1.75. The number of carbonyl (C=O) groups is 1. The molecule has 0 saturated carbocycles. The van der Waals surface area contributed by atoms with Crippen molar-refractivity contribution < 1.29 is 4.79 Å². The molecule has 0 bridgehead atoms. The van der Waals surface area contributed by atoms with E-state index in [2.05, 4.69) is 29.3 Å². The monoisotopic (exact) mass is 357 g/mol. The standard InChI is InChI=1S/C18H19N3OS2/c1-11-6-5-7-14(8-11)17-19-20-18(21(17)4)23-10-16(22)15-9-12(2)24-13(15)3/h5-9H,10H2,1-4H3. The average Bonchev–Trinajstić information content (AvgIpc) is 3.07. The molecule has 0 unspecified atom stereocenters. The second kappa shape index (κ2) is 6.91. The summed E-state index contributed by atoms with van der Waals surface area (Å²) in [5.74, 6) is 1.33. The summed E-state index contributed by atoms with van der Waals surface area (Å²) >= 11 is 3.09. The van der Waals surface area contributed by atoms with E-state index in [-0.39, 0.29) is 5.78 Å². The maximum Gasteiger partial charge on any atom is 0.191 e. The number of benzene rings is 1. The Bertz CT molecular complexity index is 896. The maximum absolute atomic E-state index is 12.4. The molecule has 2 aromatic heterocycles. The minimum atomic E-state index is 0.141. The number of Topliss-reactive ketones (excluding diaryl/α,β-unsaturated/α-hetero) is 1. The van der Waals surface area contributed by atoms with Crippen molar-refractivity contribution in [1.82, 2.24) is 14.8 Å². The largest absolute Gasteiger partial charge is 0.305 e. The lowest BCUT2D eigenvalue weighted by atomic mass is 10.1. The van der Waals surface area contributed by atoms with Gasteiger partial charge in [0.15, 0.2) is 16.8 Å². The first-order valence-electron chi connectivity index (χ1n) is 7.65. The molecule has 0 atom stereocenters. The second-order valence-electron chi connectivity index (χ2n) is 5.77. The second-order valence-corrected chi connectivity index (χ2v) is 8.18. The van der Waals surface area contributed by atoms with Crippen molar-refractivity contribution in [3.63, 3.8) is 0 Å². The van der Waals surface area contributed by atoms with Crippen molar-refractivity contribution in [2.45, 2.75) is 25.9 Å². The molecule has 0 aliphatic rings. The van der Waals surface area contributed by atoms with Gasteiger partial charge < -0.3 is 4.57 Å². The summed E-state index contributed by atoms with van der Waals surface area (Å²) in [7, 11) is 1.93. The molecule has 0 saturated heterocycles. The van der Waals surface area contributed by atoms with Crippen LogP contribution in [-0.2, 0) is 7.05 Å². The van der Waals surface area contributed by atoms with Gasteiger partial charge in [0.25, 0.3) is 0 Å². The van der Waals surface area contributed by atoms with Gasteiger partial charge in [-0.15, -0.1) is 21.5 Å². The fourth-order valence-corrected chi connectivity index (χ4v) is 4.33. The number of hydrogen-bond acceptors (Lipinski definition) is 5. The van der Waals surface area contributed by atoms with Gasteiger partial charge in [-0.05, 0) is 32.9 Å². The predicted octanol–water partition coefficient (Wildman–Crippen LogP) is 4.44. The summed E-state index contributed by atoms with van der Waals surface area (Å²) in [4.78, 5) is 14.7. The number of nitrogens with zero attached hydrogens (tertiary/aromatic N) is 3. The minimum Gasteiger partial charge on any atom is -0.305 e. The lowest BCUT2D eigenvalue weighted by Gasteiger charge is -2.04. The number of aryl methyl sites for hydroxylation is 3. The topological polar surface area (TPSA) is 47.8 Å². The van der Waals surface area contributed by atoms with Crippen LogP contribution in [0.15, 0.2) is 35.5 Å². The van der Waals surface area contributed by atoms with Crippen LogP contribution in [0.3, 0.4) is 0 Å². The van der Waals surface area contributed by atoms with Crippen LogP contribution >= 0.6 is 23.1 Å². The van der Waals surface area contributed by atoms with Crippen LogP contribution in [0.4, 0.5) is 0 Å². The number of ketones is 1. The van der Waals surface area contributed by atoms with E-state index >= 15 is 0 Å². The highest BCUT2D eigenvalue weighted by atomic mass is 32.2. The van der Waals surface area contributed by atoms with Crippen LogP contribution in [-0.4, -0.2) is 26.3 Å². The number of thiophene rings is 1. The van der Waals surface area contributed by atoms with Gasteiger partial charge in [0.05, 0.1) is 5.75 Å². The molecule has 24 heavy (non-hydrogen) atoms. The number of thioether (sulfide) groups is 1. The van der Waals surface area contributed by atoms with E-state index in [1.165, 1.54) is 22.2 Å². The van der Waals surface area contributed by atoms with Crippen molar-refractivity contribution in [1.29, 1.82) is 0 Å². The van der Waals surface area contributed by atoms with Gasteiger partial charge in [0, 0.05) is 27.9 Å². The Morgan fingerprint density at radius 3 is 2.67 bits per heavy atom. The fraction of sp³-hybridized carbons (Fsp3) is 0.278. The molecule has 1 aromatic carbocycles. The fourth-order valence-electron chi connectivity index (χ4n) is 2.59. The summed E-state index contributed by atoms with van der Waals surface area (Å²) in [6, 6.07) is 10.1. The van der Waals surface area contributed by atoms with E-state index in [0.717, 1.165) is 27.0 Å². The van der Waals surface area contributed by atoms with Crippen molar-refractivity contribution in [3.05, 3.63) is 51.2 Å². The third kappa shape index (κ3) is 3.44. The third-order valence-corrected chi connectivity index (χ3v) is 5.77. The highest BCUT2D eigenvalue weighted by molar-refractivity contribution is 7.99. The van der Waals surface area contributed by atoms with E-state index in [9.17, 15) is 4.79 Å². The summed E-state index contributed by atoms with van der Waals surface area (Å²) in [5.41, 5.74) is 3.04. The summed E-state index contributed by atoms with van der Waals surface area (Å²) in [6.45, 7) is 6.07. The van der Waals surface area contributed by atoms with Crippen LogP contribution in [0.1, 0.15) is 25.7 Å². The van der Waals surface area contributed by atoms with Crippen LogP contribution in [0.2, 0.25) is 0 Å². The quantitative estimate of drug-likeness (QED) is 0.500. The Kier molecular flexibility index (Phi) is 4.87. The molecule has 3 rings (SSSR count). The van der Waals surface area contributed by atoms with E-state index in [1.807, 2.05) is 43.7 Å². The Hall–Kier alpha value is -1.92. The number of hydrogen-bond donors (Lipinski definition) is 0. The van der Waals surface area contributed by atoms with Gasteiger partial charge in [0.2, 0.25) is 0 Å². The molecular weight excluding hydrogens is 338 g/mol.